The topological polar surface area (TPSA) is 58.6 Å². The molecule has 5 heteroatoms. The molecule has 0 aromatic carbocycles. The van der Waals surface area contributed by atoms with Crippen molar-refractivity contribution in [1.82, 2.24) is 10.2 Å². The van der Waals surface area contributed by atoms with Gasteiger partial charge in [0.05, 0.1) is 0 Å². The van der Waals surface area contributed by atoms with E-state index in [4.69, 9.17) is 4.74 Å². The first-order valence-electron chi connectivity index (χ1n) is 7.30. The summed E-state index contributed by atoms with van der Waals surface area (Å²) in [6, 6.07) is 0.152. The van der Waals surface area contributed by atoms with E-state index in [1.165, 1.54) is 4.90 Å². The summed E-state index contributed by atoms with van der Waals surface area (Å²) >= 11 is 0. The highest BCUT2D eigenvalue weighted by atomic mass is 16.6. The van der Waals surface area contributed by atoms with Gasteiger partial charge in [0, 0.05) is 13.1 Å². The molecule has 0 saturated heterocycles. The van der Waals surface area contributed by atoms with Crippen molar-refractivity contribution in [1.29, 1.82) is 0 Å². The summed E-state index contributed by atoms with van der Waals surface area (Å²) in [6.07, 6.45) is 1.48. The first kappa shape index (κ1) is 18.7. The van der Waals surface area contributed by atoms with E-state index in [0.29, 0.717) is 5.92 Å². The second kappa shape index (κ2) is 8.12. The number of nitrogens with one attached hydrogen (secondary N) is 1. The number of carbonyl (C=O) groups is 2. The Kier molecular flexibility index (Phi) is 7.61. The highest BCUT2D eigenvalue weighted by Crippen LogP contribution is 2.10. The molecular weight excluding hydrogens is 256 g/mol. The van der Waals surface area contributed by atoms with Crippen LogP contribution in [0.25, 0.3) is 0 Å². The predicted octanol–water partition coefficient (Wildman–Crippen LogP) is 2.79. The fourth-order valence-corrected chi connectivity index (χ4v) is 1.76. The maximum atomic E-state index is 12.0. The molecule has 1 atom stereocenters. The molecular formula is C15H30N2O3. The molecule has 0 aliphatic carbocycles. The van der Waals surface area contributed by atoms with Gasteiger partial charge < -0.3 is 15.0 Å². The molecule has 118 valence electrons. The second-order valence-corrected chi connectivity index (χ2v) is 6.54. The summed E-state index contributed by atoms with van der Waals surface area (Å²) in [5.74, 6) is 0.233. The van der Waals surface area contributed by atoms with Crippen molar-refractivity contribution in [3.8, 4) is 0 Å². The molecule has 0 aliphatic heterocycles. The number of ether oxygens (including phenoxy) is 1. The zero-order valence-corrected chi connectivity index (χ0v) is 13.9. The monoisotopic (exact) mass is 286 g/mol. The fourth-order valence-electron chi connectivity index (χ4n) is 1.76. The Morgan fingerprint density at radius 1 is 1.25 bits per heavy atom. The highest BCUT2D eigenvalue weighted by Gasteiger charge is 2.22. The van der Waals surface area contributed by atoms with Gasteiger partial charge in [-0.25, -0.2) is 4.79 Å². The molecule has 0 aliphatic rings. The maximum absolute atomic E-state index is 12.0. The average molecular weight is 286 g/mol. The van der Waals surface area contributed by atoms with Gasteiger partial charge in [-0.3, -0.25) is 4.79 Å². The molecule has 0 aromatic rings. The normalized spacial score (nSPS) is 13.0. The molecule has 0 heterocycles. The smallest absolute Gasteiger partial charge is 0.410 e. The van der Waals surface area contributed by atoms with Crippen molar-refractivity contribution < 1.29 is 14.3 Å². The van der Waals surface area contributed by atoms with Crippen LogP contribution in [0.5, 0.6) is 0 Å². The van der Waals surface area contributed by atoms with Crippen molar-refractivity contribution in [2.24, 2.45) is 5.92 Å². The predicted molar refractivity (Wildman–Crippen MR) is 80.5 cm³/mol. The van der Waals surface area contributed by atoms with E-state index in [-0.39, 0.29) is 18.5 Å². The van der Waals surface area contributed by atoms with E-state index in [2.05, 4.69) is 26.1 Å². The summed E-state index contributed by atoms with van der Waals surface area (Å²) in [4.78, 5) is 25.0. The average Bonchev–Trinajstić information content (AvgIpc) is 2.25. The molecule has 0 unspecified atom stereocenters. The van der Waals surface area contributed by atoms with Crippen LogP contribution < -0.4 is 5.32 Å². The number of carbonyl (C=O) groups excluding carboxylic acids is 2. The van der Waals surface area contributed by atoms with Gasteiger partial charge in [-0.05, 0) is 33.1 Å². The molecule has 0 spiro atoms. The second-order valence-electron chi connectivity index (χ2n) is 6.54. The standard InChI is InChI=1S/C15H30N2O3/c1-8-9-12(11(2)3)16-13(18)10-17(7)14(19)20-15(4,5)6/h11-12H,8-10H2,1-7H3,(H,16,18)/t12-/m1/s1. The molecule has 0 aromatic heterocycles. The lowest BCUT2D eigenvalue weighted by Gasteiger charge is -2.26. The van der Waals surface area contributed by atoms with Crippen LogP contribution in [0.1, 0.15) is 54.4 Å². The Labute approximate surface area is 123 Å². The lowest BCUT2D eigenvalue weighted by atomic mass is 10.00. The van der Waals surface area contributed by atoms with Crippen LogP contribution in [0.15, 0.2) is 0 Å². The fraction of sp³-hybridized carbons (Fsp3) is 0.867. The Bertz CT molecular complexity index is 322. The Balaban J connectivity index is 4.34. The minimum absolute atomic E-state index is 0.0157. The summed E-state index contributed by atoms with van der Waals surface area (Å²) in [6.45, 7) is 11.7. The zero-order chi connectivity index (χ0) is 15.9. The maximum Gasteiger partial charge on any atom is 0.410 e. The van der Waals surface area contributed by atoms with Gasteiger partial charge in [0.1, 0.15) is 12.1 Å². The van der Waals surface area contributed by atoms with E-state index < -0.39 is 11.7 Å². The van der Waals surface area contributed by atoms with E-state index in [0.717, 1.165) is 12.8 Å². The van der Waals surface area contributed by atoms with Crippen LogP contribution in [0.4, 0.5) is 4.79 Å². The molecule has 0 saturated carbocycles. The number of hydrogen-bond acceptors (Lipinski definition) is 3. The summed E-state index contributed by atoms with van der Waals surface area (Å²) in [7, 11) is 1.57. The third kappa shape index (κ3) is 8.02. The molecule has 0 radical (unpaired) electrons. The third-order valence-electron chi connectivity index (χ3n) is 2.84. The molecule has 0 fully saturated rings. The van der Waals surface area contributed by atoms with Crippen molar-refractivity contribution >= 4 is 12.0 Å². The van der Waals surface area contributed by atoms with Gasteiger partial charge in [-0.1, -0.05) is 27.2 Å². The van der Waals surface area contributed by atoms with Crippen LogP contribution in [-0.2, 0) is 9.53 Å². The van der Waals surface area contributed by atoms with Gasteiger partial charge in [-0.2, -0.15) is 0 Å². The van der Waals surface area contributed by atoms with E-state index in [1.54, 1.807) is 27.8 Å². The Morgan fingerprint density at radius 3 is 2.20 bits per heavy atom. The molecule has 5 nitrogen and oxygen atoms in total. The van der Waals surface area contributed by atoms with Gasteiger partial charge in [0.25, 0.3) is 0 Å². The van der Waals surface area contributed by atoms with Crippen LogP contribution in [0.2, 0.25) is 0 Å². The van der Waals surface area contributed by atoms with Gasteiger partial charge in [0.15, 0.2) is 0 Å². The van der Waals surface area contributed by atoms with E-state index in [9.17, 15) is 9.59 Å². The SMILES string of the molecule is CCC[C@@H](NC(=O)CN(C)C(=O)OC(C)(C)C)C(C)C. The van der Waals surface area contributed by atoms with Crippen LogP contribution in [0.3, 0.4) is 0 Å². The molecule has 1 N–H and O–H groups in total. The molecule has 20 heavy (non-hydrogen) atoms. The molecule has 2 amide bonds. The first-order valence-corrected chi connectivity index (χ1v) is 7.30. The van der Waals surface area contributed by atoms with Crippen molar-refractivity contribution in [2.45, 2.75) is 66.0 Å². The van der Waals surface area contributed by atoms with E-state index >= 15 is 0 Å². The minimum Gasteiger partial charge on any atom is -0.444 e. The first-order chi connectivity index (χ1) is 9.06. The van der Waals surface area contributed by atoms with Gasteiger partial charge in [0.2, 0.25) is 5.91 Å². The quantitative estimate of drug-likeness (QED) is 0.817. The Morgan fingerprint density at radius 2 is 1.80 bits per heavy atom. The number of likely N-dealkylation sites (N-methyl/N-ethyl adjacent to an activating group) is 1. The van der Waals surface area contributed by atoms with Crippen molar-refractivity contribution in [3.63, 3.8) is 0 Å². The molecule has 0 rings (SSSR count). The number of hydrogen-bond donors (Lipinski definition) is 1. The lowest BCUT2D eigenvalue weighted by Crippen LogP contribution is -2.45. The van der Waals surface area contributed by atoms with Crippen LogP contribution in [-0.4, -0.2) is 42.1 Å². The minimum atomic E-state index is -0.551. The van der Waals surface area contributed by atoms with E-state index in [1.807, 2.05) is 0 Å². The Hall–Kier alpha value is -1.26. The zero-order valence-electron chi connectivity index (χ0n) is 13.9. The highest BCUT2D eigenvalue weighted by molar-refractivity contribution is 5.82. The number of rotatable bonds is 6. The van der Waals surface area contributed by atoms with Crippen LogP contribution in [0, 0.1) is 5.92 Å². The lowest BCUT2D eigenvalue weighted by molar-refractivity contribution is -0.123. The van der Waals surface area contributed by atoms with Crippen LogP contribution >= 0.6 is 0 Å². The summed E-state index contributed by atoms with van der Waals surface area (Å²) < 4.78 is 5.21. The number of amides is 2. The summed E-state index contributed by atoms with van der Waals surface area (Å²) in [5.41, 5.74) is -0.551. The van der Waals surface area contributed by atoms with Gasteiger partial charge >= 0.3 is 6.09 Å². The van der Waals surface area contributed by atoms with Crippen molar-refractivity contribution in [2.75, 3.05) is 13.6 Å². The summed E-state index contributed by atoms with van der Waals surface area (Å²) in [5, 5.41) is 2.98. The third-order valence-corrected chi connectivity index (χ3v) is 2.84. The van der Waals surface area contributed by atoms with Gasteiger partial charge in [-0.15, -0.1) is 0 Å². The largest absolute Gasteiger partial charge is 0.444 e. The molecule has 0 bridgehead atoms. The number of nitrogens with zero attached hydrogens (tertiary/aromatic N) is 1. The van der Waals surface area contributed by atoms with Crippen molar-refractivity contribution in [3.05, 3.63) is 0 Å².